The molecule has 9 heteroatoms. The van der Waals surface area contributed by atoms with Gasteiger partial charge in [0.05, 0.1) is 12.6 Å². The maximum absolute atomic E-state index is 12.5. The number of amides is 2. The van der Waals surface area contributed by atoms with E-state index in [0.29, 0.717) is 11.3 Å². The number of carbonyl (C=O) groups is 3. The number of hydrogen-bond acceptors (Lipinski definition) is 6. The van der Waals surface area contributed by atoms with Gasteiger partial charge in [-0.1, -0.05) is 41.4 Å². The molecule has 0 bridgehead atoms. The number of rotatable bonds is 7. The Hall–Kier alpha value is -3.25. The first-order valence-electron chi connectivity index (χ1n) is 8.36. The van der Waals surface area contributed by atoms with E-state index in [2.05, 4.69) is 16.4 Å². The minimum atomic E-state index is -1.24. The van der Waals surface area contributed by atoms with E-state index < -0.39 is 23.3 Å². The number of benzene rings is 1. The Balaban J connectivity index is 1.68. The lowest BCUT2D eigenvalue weighted by Gasteiger charge is -2.49. The van der Waals surface area contributed by atoms with E-state index in [4.69, 9.17) is 11.3 Å². The Kier molecular flexibility index (Phi) is 6.01. The summed E-state index contributed by atoms with van der Waals surface area (Å²) in [5.74, 6) is 0.544. The second-order valence-corrected chi connectivity index (χ2v) is 7.11. The quantitative estimate of drug-likeness (QED) is 0.229. The van der Waals surface area contributed by atoms with Crippen molar-refractivity contribution in [2.45, 2.75) is 17.8 Å². The molecular weight excluding hydrogens is 382 g/mol. The van der Waals surface area contributed by atoms with E-state index >= 15 is 0 Å². The number of oxime groups is 1. The van der Waals surface area contributed by atoms with Crippen molar-refractivity contribution in [1.82, 2.24) is 10.2 Å². The van der Waals surface area contributed by atoms with Gasteiger partial charge in [0, 0.05) is 11.3 Å². The first-order chi connectivity index (χ1) is 13.5. The Morgan fingerprint density at radius 3 is 2.86 bits per heavy atom. The summed E-state index contributed by atoms with van der Waals surface area (Å²) in [6, 6.07) is 8.40. The zero-order chi connectivity index (χ0) is 20.1. The number of carboxylic acids is 1. The van der Waals surface area contributed by atoms with Crippen LogP contribution in [-0.2, 0) is 25.6 Å². The molecule has 1 aromatic carbocycles. The van der Waals surface area contributed by atoms with Crippen LogP contribution in [0.15, 0.2) is 46.8 Å². The Bertz CT molecular complexity index is 891. The summed E-state index contributed by atoms with van der Waals surface area (Å²) < 4.78 is 0. The van der Waals surface area contributed by atoms with Crippen LogP contribution >= 0.6 is 11.8 Å². The predicted molar refractivity (Wildman–Crippen MR) is 103 cm³/mol. The highest BCUT2D eigenvalue weighted by molar-refractivity contribution is 8.00. The molecule has 2 atom stereocenters. The molecule has 0 radical (unpaired) electrons. The smallest absolute Gasteiger partial charge is 0.353 e. The number of nitrogens with one attached hydrogen (secondary N) is 1. The standard InChI is InChI=1S/C19H17N3O5S/c1-2-8-27-20-10-13-11-28-18-15(17(24)22(18)16(13)19(25)26)21-14(23)9-12-6-4-3-5-7-12/h1,3-7,10,15,18H,8-9,11H2,(H,21,23)(H,25,26)/t15-,18+/m1/s1. The molecule has 0 aliphatic carbocycles. The second kappa shape index (κ2) is 8.63. The molecule has 0 spiro atoms. The lowest BCUT2D eigenvalue weighted by atomic mass is 10.0. The molecule has 1 aromatic rings. The van der Waals surface area contributed by atoms with E-state index in [1.54, 1.807) is 0 Å². The van der Waals surface area contributed by atoms with Crippen LogP contribution in [-0.4, -0.2) is 57.8 Å². The van der Waals surface area contributed by atoms with E-state index in [-0.39, 0.29) is 24.6 Å². The van der Waals surface area contributed by atoms with Crippen LogP contribution < -0.4 is 5.32 Å². The van der Waals surface area contributed by atoms with Crippen LogP contribution in [0.5, 0.6) is 0 Å². The fourth-order valence-corrected chi connectivity index (χ4v) is 4.22. The fraction of sp³-hybridized carbons (Fsp3) is 0.263. The molecule has 2 amide bonds. The number of thioether (sulfide) groups is 1. The summed E-state index contributed by atoms with van der Waals surface area (Å²) in [5.41, 5.74) is 1.01. The molecule has 28 heavy (non-hydrogen) atoms. The molecule has 2 aliphatic rings. The average Bonchev–Trinajstić information content (AvgIpc) is 2.69. The Morgan fingerprint density at radius 1 is 1.43 bits per heavy atom. The van der Waals surface area contributed by atoms with Crippen molar-refractivity contribution >= 4 is 35.8 Å². The van der Waals surface area contributed by atoms with Crippen molar-refractivity contribution in [3.05, 3.63) is 47.2 Å². The average molecular weight is 399 g/mol. The Labute approximate surface area is 165 Å². The highest BCUT2D eigenvalue weighted by Crippen LogP contribution is 2.39. The van der Waals surface area contributed by atoms with Crippen LogP contribution in [0, 0.1) is 12.3 Å². The predicted octanol–water partition coefficient (Wildman–Crippen LogP) is 0.603. The number of aliphatic carboxylic acids is 1. The van der Waals surface area contributed by atoms with Gasteiger partial charge in [-0.05, 0) is 5.56 Å². The Morgan fingerprint density at radius 2 is 2.18 bits per heavy atom. The molecule has 144 valence electrons. The van der Waals surface area contributed by atoms with Crippen molar-refractivity contribution < 1.29 is 24.3 Å². The lowest BCUT2D eigenvalue weighted by Crippen LogP contribution is -2.70. The summed E-state index contributed by atoms with van der Waals surface area (Å²) >= 11 is 1.35. The normalized spacial score (nSPS) is 21.0. The highest BCUT2D eigenvalue weighted by atomic mass is 32.2. The molecule has 1 saturated heterocycles. The zero-order valence-electron chi connectivity index (χ0n) is 14.7. The summed E-state index contributed by atoms with van der Waals surface area (Å²) in [7, 11) is 0. The van der Waals surface area contributed by atoms with Gasteiger partial charge in [0.2, 0.25) is 5.91 Å². The minimum Gasteiger partial charge on any atom is -0.477 e. The molecule has 8 nitrogen and oxygen atoms in total. The zero-order valence-corrected chi connectivity index (χ0v) is 15.5. The third-order valence-electron chi connectivity index (χ3n) is 4.16. The SMILES string of the molecule is C#CCON=CC1=C(C(=O)O)N2C(=O)[C@@H](NC(=O)Cc3ccccc3)[C@@H]2SC1. The van der Waals surface area contributed by atoms with Gasteiger partial charge < -0.3 is 15.3 Å². The highest BCUT2D eigenvalue weighted by Gasteiger charge is 2.54. The first kappa shape index (κ1) is 19.5. The molecule has 0 saturated carbocycles. The van der Waals surface area contributed by atoms with Gasteiger partial charge in [-0.15, -0.1) is 18.2 Å². The first-order valence-corrected chi connectivity index (χ1v) is 9.41. The van der Waals surface area contributed by atoms with Crippen LogP contribution in [0.4, 0.5) is 0 Å². The van der Waals surface area contributed by atoms with Crippen molar-refractivity contribution in [3.63, 3.8) is 0 Å². The van der Waals surface area contributed by atoms with Gasteiger partial charge in [-0.3, -0.25) is 14.5 Å². The number of fused-ring (bicyclic) bond motifs is 1. The number of β-lactam (4-membered cyclic amide) rings is 1. The van der Waals surface area contributed by atoms with E-state index in [1.807, 2.05) is 30.3 Å². The molecule has 1 fully saturated rings. The van der Waals surface area contributed by atoms with E-state index in [9.17, 15) is 19.5 Å². The van der Waals surface area contributed by atoms with Gasteiger partial charge in [-0.2, -0.15) is 0 Å². The largest absolute Gasteiger partial charge is 0.477 e. The minimum absolute atomic E-state index is 0.0416. The van der Waals surface area contributed by atoms with Gasteiger partial charge in [-0.25, -0.2) is 4.79 Å². The third kappa shape index (κ3) is 4.02. The molecule has 2 N–H and O–H groups in total. The maximum atomic E-state index is 12.5. The van der Waals surface area contributed by atoms with Gasteiger partial charge in [0.15, 0.2) is 6.61 Å². The number of hydrogen-bond donors (Lipinski definition) is 2. The monoisotopic (exact) mass is 399 g/mol. The number of carboxylic acid groups (broad SMARTS) is 1. The third-order valence-corrected chi connectivity index (χ3v) is 5.46. The van der Waals surface area contributed by atoms with Crippen molar-refractivity contribution in [2.24, 2.45) is 5.16 Å². The van der Waals surface area contributed by atoms with Crippen LogP contribution in [0.25, 0.3) is 0 Å². The number of carbonyl (C=O) groups excluding carboxylic acids is 2. The summed E-state index contributed by atoms with van der Waals surface area (Å²) in [4.78, 5) is 42.4. The maximum Gasteiger partial charge on any atom is 0.353 e. The van der Waals surface area contributed by atoms with Crippen LogP contribution in [0.1, 0.15) is 5.56 Å². The van der Waals surface area contributed by atoms with E-state index in [0.717, 1.165) is 5.56 Å². The summed E-state index contributed by atoms with van der Waals surface area (Å²) in [6.45, 7) is -0.0416. The van der Waals surface area contributed by atoms with Crippen LogP contribution in [0.3, 0.4) is 0 Å². The van der Waals surface area contributed by atoms with Gasteiger partial charge >= 0.3 is 5.97 Å². The lowest BCUT2D eigenvalue weighted by molar-refractivity contribution is -0.150. The molecular formula is C19H17N3O5S. The molecule has 0 unspecified atom stereocenters. The molecule has 3 rings (SSSR count). The van der Waals surface area contributed by atoms with Crippen LogP contribution in [0.2, 0.25) is 0 Å². The summed E-state index contributed by atoms with van der Waals surface area (Å²) in [6.07, 6.45) is 6.44. The summed E-state index contributed by atoms with van der Waals surface area (Å²) in [5, 5.41) is 15.4. The van der Waals surface area contributed by atoms with Crippen molar-refractivity contribution in [1.29, 1.82) is 0 Å². The van der Waals surface area contributed by atoms with Crippen molar-refractivity contribution in [3.8, 4) is 12.3 Å². The molecule has 0 aromatic heterocycles. The second-order valence-electron chi connectivity index (χ2n) is 6.01. The number of terminal acetylenes is 1. The van der Waals surface area contributed by atoms with E-state index in [1.165, 1.54) is 22.9 Å². The molecule has 2 aliphatic heterocycles. The topological polar surface area (TPSA) is 108 Å². The molecule has 2 heterocycles. The number of nitrogens with zero attached hydrogens (tertiary/aromatic N) is 2. The van der Waals surface area contributed by atoms with Gasteiger partial charge in [0.25, 0.3) is 5.91 Å². The van der Waals surface area contributed by atoms with Gasteiger partial charge in [0.1, 0.15) is 17.1 Å². The van der Waals surface area contributed by atoms with Crippen molar-refractivity contribution in [2.75, 3.05) is 12.4 Å². The fourth-order valence-electron chi connectivity index (χ4n) is 2.92.